The lowest BCUT2D eigenvalue weighted by atomic mass is 10.1. The van der Waals surface area contributed by atoms with Crippen molar-refractivity contribution >= 4 is 5.82 Å². The molecule has 18 heavy (non-hydrogen) atoms. The Morgan fingerprint density at radius 2 is 1.89 bits per heavy atom. The molecule has 0 fully saturated rings. The summed E-state index contributed by atoms with van der Waals surface area (Å²) in [5.41, 5.74) is 2.75. The largest absolute Gasteiger partial charge is 0.362 e. The summed E-state index contributed by atoms with van der Waals surface area (Å²) in [6, 6.07) is 10.4. The molecule has 0 spiro atoms. The van der Waals surface area contributed by atoms with Crippen LogP contribution in [0.4, 0.5) is 5.82 Å². The molecule has 0 amide bonds. The zero-order valence-electron chi connectivity index (χ0n) is 10.4. The summed E-state index contributed by atoms with van der Waals surface area (Å²) in [5, 5.41) is 11.9. The van der Waals surface area contributed by atoms with E-state index in [1.807, 2.05) is 6.07 Å². The number of aryl methyl sites for hydroxylation is 1. The van der Waals surface area contributed by atoms with Gasteiger partial charge in [-0.3, -0.25) is 0 Å². The Bertz CT molecular complexity index is 552. The second kappa shape index (κ2) is 5.28. The predicted molar refractivity (Wildman–Crippen MR) is 70.0 cm³/mol. The lowest BCUT2D eigenvalue weighted by molar-refractivity contribution is 0.870. The van der Waals surface area contributed by atoms with E-state index < -0.39 is 0 Å². The van der Waals surface area contributed by atoms with E-state index in [1.54, 1.807) is 6.20 Å². The van der Waals surface area contributed by atoms with Gasteiger partial charge in [0.1, 0.15) is 11.9 Å². The first-order chi connectivity index (χ1) is 8.69. The Labute approximate surface area is 106 Å². The fourth-order valence-corrected chi connectivity index (χ4v) is 1.62. The van der Waals surface area contributed by atoms with Crippen molar-refractivity contribution < 1.29 is 0 Å². The lowest BCUT2D eigenvalue weighted by Gasteiger charge is -2.14. The third kappa shape index (κ3) is 2.83. The van der Waals surface area contributed by atoms with Crippen molar-refractivity contribution in [1.29, 1.82) is 5.26 Å². The van der Waals surface area contributed by atoms with E-state index in [1.165, 1.54) is 17.3 Å². The zero-order valence-corrected chi connectivity index (χ0v) is 10.4. The summed E-state index contributed by atoms with van der Waals surface area (Å²) < 4.78 is 0. The lowest BCUT2D eigenvalue weighted by Crippen LogP contribution is -2.08. The van der Waals surface area contributed by atoms with Crippen molar-refractivity contribution in [3.05, 3.63) is 53.5 Å². The van der Waals surface area contributed by atoms with Crippen molar-refractivity contribution in [1.82, 2.24) is 9.97 Å². The number of hydrogen-bond donors (Lipinski definition) is 1. The number of anilines is 1. The average molecular weight is 238 g/mol. The van der Waals surface area contributed by atoms with Gasteiger partial charge in [-0.1, -0.05) is 29.8 Å². The van der Waals surface area contributed by atoms with Crippen LogP contribution in [0.5, 0.6) is 0 Å². The topological polar surface area (TPSA) is 61.6 Å². The molecule has 2 aromatic rings. The van der Waals surface area contributed by atoms with Gasteiger partial charge in [-0.15, -0.1) is 0 Å². The molecule has 4 heteroatoms. The standard InChI is InChI=1S/C14H14N4/c1-10-3-5-12(6-4-10)11(2)18-14-9-16-13(7-15)8-17-14/h3-6,8-9,11H,1-2H3,(H,17,18). The molecule has 4 nitrogen and oxygen atoms in total. The van der Waals surface area contributed by atoms with E-state index in [0.717, 1.165) is 0 Å². The Kier molecular flexibility index (Phi) is 3.54. The minimum atomic E-state index is 0.146. The highest BCUT2D eigenvalue weighted by molar-refractivity contribution is 5.37. The maximum Gasteiger partial charge on any atom is 0.158 e. The van der Waals surface area contributed by atoms with Gasteiger partial charge in [-0.05, 0) is 19.4 Å². The monoisotopic (exact) mass is 238 g/mol. The van der Waals surface area contributed by atoms with Gasteiger partial charge in [0, 0.05) is 6.04 Å². The van der Waals surface area contributed by atoms with E-state index in [9.17, 15) is 0 Å². The van der Waals surface area contributed by atoms with Crippen LogP contribution in [0.25, 0.3) is 0 Å². The summed E-state index contributed by atoms with van der Waals surface area (Å²) in [4.78, 5) is 8.11. The van der Waals surface area contributed by atoms with Crippen LogP contribution >= 0.6 is 0 Å². The van der Waals surface area contributed by atoms with Gasteiger partial charge in [0.2, 0.25) is 0 Å². The molecule has 0 saturated carbocycles. The third-order valence-corrected chi connectivity index (χ3v) is 2.71. The van der Waals surface area contributed by atoms with Crippen LogP contribution in [0.1, 0.15) is 29.8 Å². The van der Waals surface area contributed by atoms with Crippen LogP contribution in [-0.4, -0.2) is 9.97 Å². The molecule has 1 unspecified atom stereocenters. The summed E-state index contributed by atoms with van der Waals surface area (Å²) in [7, 11) is 0. The molecule has 0 aliphatic carbocycles. The highest BCUT2D eigenvalue weighted by Crippen LogP contribution is 2.17. The first-order valence-electron chi connectivity index (χ1n) is 5.74. The quantitative estimate of drug-likeness (QED) is 0.893. The summed E-state index contributed by atoms with van der Waals surface area (Å²) in [5.74, 6) is 0.669. The molecule has 1 aromatic heterocycles. The number of nitrogens with zero attached hydrogens (tertiary/aromatic N) is 3. The molecule has 1 aromatic carbocycles. The SMILES string of the molecule is Cc1ccc(C(C)Nc2cnc(C#N)cn2)cc1. The Balaban J connectivity index is 2.08. The van der Waals surface area contributed by atoms with Crippen LogP contribution in [0.2, 0.25) is 0 Å². The number of nitrogens with one attached hydrogen (secondary N) is 1. The van der Waals surface area contributed by atoms with Crippen LogP contribution < -0.4 is 5.32 Å². The second-order valence-electron chi connectivity index (χ2n) is 4.18. The van der Waals surface area contributed by atoms with E-state index >= 15 is 0 Å². The van der Waals surface area contributed by atoms with Crippen LogP contribution in [0, 0.1) is 18.3 Å². The highest BCUT2D eigenvalue weighted by atomic mass is 15.0. The van der Waals surface area contributed by atoms with Crippen molar-refractivity contribution in [3.63, 3.8) is 0 Å². The summed E-state index contributed by atoms with van der Waals surface area (Å²) >= 11 is 0. The smallest absolute Gasteiger partial charge is 0.158 e. The first kappa shape index (κ1) is 12.1. The zero-order chi connectivity index (χ0) is 13.0. The number of nitriles is 1. The van der Waals surface area contributed by atoms with Crippen LogP contribution in [0.15, 0.2) is 36.7 Å². The average Bonchev–Trinajstić information content (AvgIpc) is 2.40. The number of benzene rings is 1. The van der Waals surface area contributed by atoms with Crippen molar-refractivity contribution in [2.75, 3.05) is 5.32 Å². The molecule has 1 atom stereocenters. The van der Waals surface area contributed by atoms with E-state index in [-0.39, 0.29) is 6.04 Å². The fraction of sp³-hybridized carbons (Fsp3) is 0.214. The normalized spacial score (nSPS) is 11.6. The molecular formula is C14H14N4. The van der Waals surface area contributed by atoms with Gasteiger partial charge < -0.3 is 5.32 Å². The van der Waals surface area contributed by atoms with E-state index in [4.69, 9.17) is 5.26 Å². The van der Waals surface area contributed by atoms with E-state index in [0.29, 0.717) is 11.5 Å². The maximum absolute atomic E-state index is 8.64. The van der Waals surface area contributed by atoms with Gasteiger partial charge in [-0.25, -0.2) is 9.97 Å². The summed E-state index contributed by atoms with van der Waals surface area (Å²) in [6.07, 6.45) is 3.04. The van der Waals surface area contributed by atoms with Crippen molar-refractivity contribution in [2.24, 2.45) is 0 Å². The second-order valence-corrected chi connectivity index (χ2v) is 4.18. The minimum absolute atomic E-state index is 0.146. The Morgan fingerprint density at radius 1 is 1.17 bits per heavy atom. The maximum atomic E-state index is 8.64. The first-order valence-corrected chi connectivity index (χ1v) is 5.74. The van der Waals surface area contributed by atoms with Crippen LogP contribution in [0.3, 0.4) is 0 Å². The number of aromatic nitrogens is 2. The third-order valence-electron chi connectivity index (χ3n) is 2.71. The molecule has 0 bridgehead atoms. The Morgan fingerprint density at radius 3 is 2.44 bits per heavy atom. The molecule has 90 valence electrons. The van der Waals surface area contributed by atoms with E-state index in [2.05, 4.69) is 53.4 Å². The molecular weight excluding hydrogens is 224 g/mol. The molecule has 0 radical (unpaired) electrons. The molecule has 1 heterocycles. The minimum Gasteiger partial charge on any atom is -0.362 e. The Hall–Kier alpha value is -2.41. The number of rotatable bonds is 3. The molecule has 0 aliphatic heterocycles. The van der Waals surface area contributed by atoms with Gasteiger partial charge in [0.15, 0.2) is 5.69 Å². The van der Waals surface area contributed by atoms with Gasteiger partial charge >= 0.3 is 0 Å². The van der Waals surface area contributed by atoms with Gasteiger partial charge in [0.25, 0.3) is 0 Å². The number of hydrogen-bond acceptors (Lipinski definition) is 4. The highest BCUT2D eigenvalue weighted by Gasteiger charge is 2.05. The molecule has 1 N–H and O–H groups in total. The van der Waals surface area contributed by atoms with Gasteiger partial charge in [0.05, 0.1) is 12.4 Å². The van der Waals surface area contributed by atoms with Crippen molar-refractivity contribution in [2.45, 2.75) is 19.9 Å². The predicted octanol–water partition coefficient (Wildman–Crippen LogP) is 2.83. The van der Waals surface area contributed by atoms with Crippen molar-refractivity contribution in [3.8, 4) is 6.07 Å². The molecule has 0 saturated heterocycles. The molecule has 2 rings (SSSR count). The fourth-order valence-electron chi connectivity index (χ4n) is 1.62. The van der Waals surface area contributed by atoms with Crippen LogP contribution in [-0.2, 0) is 0 Å². The molecule has 0 aliphatic rings. The van der Waals surface area contributed by atoms with Gasteiger partial charge in [-0.2, -0.15) is 5.26 Å². The summed E-state index contributed by atoms with van der Waals surface area (Å²) in [6.45, 7) is 4.12.